The first-order valence-corrected chi connectivity index (χ1v) is 8.54. The van der Waals surface area contributed by atoms with Gasteiger partial charge in [-0.2, -0.15) is 0 Å². The Labute approximate surface area is 131 Å². The molecule has 0 saturated carbocycles. The predicted octanol–water partition coefficient (Wildman–Crippen LogP) is 4.40. The highest BCUT2D eigenvalue weighted by Gasteiger charge is 2.02. The van der Waals surface area contributed by atoms with Crippen LogP contribution < -0.4 is 0 Å². The van der Waals surface area contributed by atoms with Crippen molar-refractivity contribution in [2.45, 2.75) is 65.7 Å². The van der Waals surface area contributed by atoms with Gasteiger partial charge in [0, 0.05) is 0 Å². The molecule has 122 valence electrons. The second-order valence-electron chi connectivity index (χ2n) is 5.93. The first-order chi connectivity index (χ1) is 9.77. The lowest BCUT2D eigenvalue weighted by molar-refractivity contribution is 0.268. The molecule has 0 radical (unpaired) electrons. The lowest BCUT2D eigenvalue weighted by Crippen LogP contribution is -2.26. The van der Waals surface area contributed by atoms with Crippen molar-refractivity contribution in [2.24, 2.45) is 0 Å². The van der Waals surface area contributed by atoms with Crippen LogP contribution in [0.25, 0.3) is 0 Å². The van der Waals surface area contributed by atoms with E-state index in [-0.39, 0.29) is 5.48 Å². The van der Waals surface area contributed by atoms with Gasteiger partial charge in [-0.25, -0.2) is 0 Å². The van der Waals surface area contributed by atoms with Crippen molar-refractivity contribution >= 4 is 0 Å². The van der Waals surface area contributed by atoms with Crippen molar-refractivity contribution in [1.29, 1.82) is 0 Å². The van der Waals surface area contributed by atoms with E-state index >= 15 is 0 Å². The van der Waals surface area contributed by atoms with E-state index in [0.29, 0.717) is 0 Å². The molecule has 0 spiro atoms. The Kier molecular flexibility index (Phi) is 12.3. The van der Waals surface area contributed by atoms with Gasteiger partial charge in [0.25, 0.3) is 0 Å². The maximum Gasteiger partial charge on any atom is -0.00187 e. The highest BCUT2D eigenvalue weighted by atomic mass is 16.0. The molecule has 0 aliphatic carbocycles. The zero-order valence-electron chi connectivity index (χ0n) is 14.3. The van der Waals surface area contributed by atoms with E-state index in [0.717, 1.165) is 0 Å². The van der Waals surface area contributed by atoms with Crippen LogP contribution >= 0.6 is 0 Å². The average molecular weight is 293 g/mol. The number of nitrogens with zero attached hydrogens (tertiary/aromatic N) is 1. The molecule has 2 nitrogen and oxygen atoms in total. The van der Waals surface area contributed by atoms with Crippen molar-refractivity contribution in [3.8, 4) is 0 Å². The molecule has 0 unspecified atom stereocenters. The van der Waals surface area contributed by atoms with Gasteiger partial charge in [-0.1, -0.05) is 51.0 Å². The first kappa shape index (κ1) is 20.1. The molecule has 2 heteroatoms. The zero-order valence-corrected chi connectivity index (χ0v) is 14.3. The number of hydrogen-bond donors (Lipinski definition) is 0. The molecule has 1 rings (SSSR count). The Morgan fingerprint density at radius 2 is 1.43 bits per heavy atom. The number of rotatable bonds is 11. The van der Waals surface area contributed by atoms with Crippen LogP contribution in [-0.2, 0) is 6.42 Å². The van der Waals surface area contributed by atoms with Crippen LogP contribution in [-0.4, -0.2) is 30.0 Å². The Bertz CT molecular complexity index is 345. The van der Waals surface area contributed by atoms with Crippen molar-refractivity contribution in [2.75, 3.05) is 19.6 Å². The molecule has 1 aromatic carbocycles. The van der Waals surface area contributed by atoms with Gasteiger partial charge in [0.15, 0.2) is 0 Å². The van der Waals surface area contributed by atoms with E-state index in [4.69, 9.17) is 0 Å². The molecule has 0 aliphatic heterocycles. The van der Waals surface area contributed by atoms with E-state index in [1.165, 1.54) is 75.7 Å². The lowest BCUT2D eigenvalue weighted by Gasteiger charge is -2.20. The topological polar surface area (TPSA) is 34.7 Å². The predicted molar refractivity (Wildman–Crippen MR) is 94.0 cm³/mol. The minimum absolute atomic E-state index is 0. The summed E-state index contributed by atoms with van der Waals surface area (Å²) in [5.41, 5.74) is 2.98. The van der Waals surface area contributed by atoms with Gasteiger partial charge in [-0.3, -0.25) is 0 Å². The largest absolute Gasteiger partial charge is 0.412 e. The van der Waals surface area contributed by atoms with Crippen LogP contribution in [0.3, 0.4) is 0 Å². The molecule has 2 N–H and O–H groups in total. The van der Waals surface area contributed by atoms with Crippen molar-refractivity contribution in [3.05, 3.63) is 35.4 Å². The minimum Gasteiger partial charge on any atom is -0.412 e. The van der Waals surface area contributed by atoms with Crippen molar-refractivity contribution in [3.63, 3.8) is 0 Å². The maximum atomic E-state index is 2.63. The van der Waals surface area contributed by atoms with Gasteiger partial charge >= 0.3 is 0 Å². The van der Waals surface area contributed by atoms with Crippen LogP contribution in [0.2, 0.25) is 0 Å². The summed E-state index contributed by atoms with van der Waals surface area (Å²) in [6, 6.07) is 8.80. The molecular weight excluding hydrogens is 258 g/mol. The van der Waals surface area contributed by atoms with Gasteiger partial charge < -0.3 is 10.4 Å². The second-order valence-corrected chi connectivity index (χ2v) is 5.93. The molecule has 0 amide bonds. The summed E-state index contributed by atoms with van der Waals surface area (Å²) in [7, 11) is 0. The Hall–Kier alpha value is -0.860. The van der Waals surface area contributed by atoms with Crippen LogP contribution in [0.15, 0.2) is 24.3 Å². The maximum absolute atomic E-state index is 2.63. The van der Waals surface area contributed by atoms with Gasteiger partial charge in [-0.15, -0.1) is 0 Å². The van der Waals surface area contributed by atoms with E-state index in [1.54, 1.807) is 0 Å². The highest BCUT2D eigenvalue weighted by Crippen LogP contribution is 2.12. The molecule has 0 aliphatic rings. The number of benzene rings is 1. The summed E-state index contributed by atoms with van der Waals surface area (Å²) >= 11 is 0. The van der Waals surface area contributed by atoms with Crippen molar-refractivity contribution < 1.29 is 5.48 Å². The molecule has 21 heavy (non-hydrogen) atoms. The SMILES string of the molecule is CCCN(CCC)CCCCCCc1ccccc1C.O. The fourth-order valence-corrected chi connectivity index (χ4v) is 2.86. The third-order valence-corrected chi connectivity index (χ3v) is 4.01. The van der Waals surface area contributed by atoms with Crippen LogP contribution in [0.5, 0.6) is 0 Å². The van der Waals surface area contributed by atoms with Crippen LogP contribution in [0.4, 0.5) is 0 Å². The summed E-state index contributed by atoms with van der Waals surface area (Å²) in [5, 5.41) is 0. The molecular formula is C19H35NO. The quantitative estimate of drug-likeness (QED) is 0.557. The van der Waals surface area contributed by atoms with E-state index in [9.17, 15) is 0 Å². The molecule has 0 bridgehead atoms. The molecule has 0 fully saturated rings. The molecule has 1 aromatic rings. The number of hydrogen-bond acceptors (Lipinski definition) is 1. The first-order valence-electron chi connectivity index (χ1n) is 8.54. The van der Waals surface area contributed by atoms with Crippen molar-refractivity contribution in [1.82, 2.24) is 4.90 Å². The lowest BCUT2D eigenvalue weighted by atomic mass is 10.0. The highest BCUT2D eigenvalue weighted by molar-refractivity contribution is 5.25. The Balaban J connectivity index is 0.00000400. The molecule has 0 aromatic heterocycles. The third-order valence-electron chi connectivity index (χ3n) is 4.01. The fourth-order valence-electron chi connectivity index (χ4n) is 2.86. The Morgan fingerprint density at radius 3 is 2.05 bits per heavy atom. The van der Waals surface area contributed by atoms with Crippen LogP contribution in [0, 0.1) is 6.92 Å². The van der Waals surface area contributed by atoms with E-state index in [2.05, 4.69) is 49.9 Å². The van der Waals surface area contributed by atoms with Gasteiger partial charge in [0.05, 0.1) is 0 Å². The summed E-state index contributed by atoms with van der Waals surface area (Å²) in [4.78, 5) is 2.63. The molecule has 0 heterocycles. The molecule has 0 atom stereocenters. The number of aryl methyl sites for hydroxylation is 2. The van der Waals surface area contributed by atoms with Gasteiger partial charge in [0.1, 0.15) is 0 Å². The normalized spacial score (nSPS) is 10.7. The standard InChI is InChI=1S/C19H33N.H2O/c1-4-15-20(16-5-2)17-11-7-6-8-13-19-14-10-9-12-18(19)3;/h9-10,12,14H,4-8,11,13,15-17H2,1-3H3;1H2. The monoisotopic (exact) mass is 293 g/mol. The number of unbranched alkanes of at least 4 members (excludes halogenated alkanes) is 3. The third kappa shape index (κ3) is 8.90. The van der Waals surface area contributed by atoms with Crippen LogP contribution in [0.1, 0.15) is 63.5 Å². The summed E-state index contributed by atoms with van der Waals surface area (Å²) in [5.74, 6) is 0. The van der Waals surface area contributed by atoms with Gasteiger partial charge in [-0.05, 0) is 69.8 Å². The minimum atomic E-state index is 0. The fraction of sp³-hybridized carbons (Fsp3) is 0.684. The summed E-state index contributed by atoms with van der Waals surface area (Å²) < 4.78 is 0. The zero-order chi connectivity index (χ0) is 14.6. The van der Waals surface area contributed by atoms with Gasteiger partial charge in [0.2, 0.25) is 0 Å². The second kappa shape index (κ2) is 12.8. The summed E-state index contributed by atoms with van der Waals surface area (Å²) in [6.07, 6.45) is 9.29. The smallest absolute Gasteiger partial charge is 0.00187 e. The summed E-state index contributed by atoms with van der Waals surface area (Å²) in [6.45, 7) is 10.6. The average Bonchev–Trinajstić information content (AvgIpc) is 2.45. The van der Waals surface area contributed by atoms with E-state index in [1.807, 2.05) is 0 Å². The Morgan fingerprint density at radius 1 is 0.810 bits per heavy atom. The van der Waals surface area contributed by atoms with E-state index < -0.39 is 0 Å². The molecule has 0 saturated heterocycles.